The van der Waals surface area contributed by atoms with Crippen LogP contribution in [0.5, 0.6) is 5.88 Å². The number of pyridine rings is 1. The van der Waals surface area contributed by atoms with Gasteiger partial charge in [0.2, 0.25) is 5.88 Å². The second-order valence-corrected chi connectivity index (χ2v) is 5.23. The third kappa shape index (κ3) is 5.34. The maximum Gasteiger partial charge on any atom is 0.256 e. The molecule has 0 aromatic carbocycles. The van der Waals surface area contributed by atoms with Crippen LogP contribution in [0, 0.1) is 0 Å². The number of anilines is 1. The van der Waals surface area contributed by atoms with E-state index in [0.29, 0.717) is 24.6 Å². The van der Waals surface area contributed by atoms with Gasteiger partial charge in [0.25, 0.3) is 5.91 Å². The van der Waals surface area contributed by atoms with E-state index >= 15 is 0 Å². The van der Waals surface area contributed by atoms with Gasteiger partial charge in [-0.1, -0.05) is 26.7 Å². The van der Waals surface area contributed by atoms with E-state index in [9.17, 15) is 4.79 Å². The van der Waals surface area contributed by atoms with Crippen molar-refractivity contribution in [3.63, 3.8) is 0 Å². The summed E-state index contributed by atoms with van der Waals surface area (Å²) in [4.78, 5) is 16.4. The minimum atomic E-state index is -0.814. The predicted molar refractivity (Wildman–Crippen MR) is 83.6 cm³/mol. The standard InChI is InChI=1S/C16H26N2O3/c1-5-7-11-21-14-9-8-13(12-17-14)18-15(19)16(3,20-4)10-6-2/h8-9,12H,5-7,10-11H2,1-4H3,(H,18,19). The van der Waals surface area contributed by atoms with Gasteiger partial charge in [0.05, 0.1) is 18.5 Å². The van der Waals surface area contributed by atoms with Gasteiger partial charge in [-0.05, 0) is 25.8 Å². The van der Waals surface area contributed by atoms with Crippen molar-refractivity contribution in [2.24, 2.45) is 0 Å². The summed E-state index contributed by atoms with van der Waals surface area (Å²) in [6, 6.07) is 3.55. The van der Waals surface area contributed by atoms with Gasteiger partial charge in [-0.3, -0.25) is 4.79 Å². The van der Waals surface area contributed by atoms with E-state index in [1.165, 1.54) is 0 Å². The maximum absolute atomic E-state index is 12.3. The number of rotatable bonds is 9. The lowest BCUT2D eigenvalue weighted by Gasteiger charge is -2.26. The Morgan fingerprint density at radius 2 is 2.10 bits per heavy atom. The van der Waals surface area contributed by atoms with Gasteiger partial charge in [-0.25, -0.2) is 4.98 Å². The van der Waals surface area contributed by atoms with Crippen LogP contribution in [0.3, 0.4) is 0 Å². The van der Waals surface area contributed by atoms with Crippen molar-refractivity contribution in [2.75, 3.05) is 19.0 Å². The normalized spacial score (nSPS) is 13.5. The van der Waals surface area contributed by atoms with Crippen LogP contribution in [0.15, 0.2) is 18.3 Å². The van der Waals surface area contributed by atoms with E-state index in [-0.39, 0.29) is 5.91 Å². The first-order valence-electron chi connectivity index (χ1n) is 7.51. The smallest absolute Gasteiger partial charge is 0.256 e. The van der Waals surface area contributed by atoms with Gasteiger partial charge in [0.1, 0.15) is 5.60 Å². The fourth-order valence-electron chi connectivity index (χ4n) is 1.91. The summed E-state index contributed by atoms with van der Waals surface area (Å²) in [6.07, 6.45) is 5.23. The molecule has 1 aromatic heterocycles. The Hall–Kier alpha value is -1.62. The van der Waals surface area contributed by atoms with Crippen LogP contribution in [0.25, 0.3) is 0 Å². The van der Waals surface area contributed by atoms with Crippen molar-refractivity contribution >= 4 is 11.6 Å². The van der Waals surface area contributed by atoms with E-state index < -0.39 is 5.60 Å². The highest BCUT2D eigenvalue weighted by molar-refractivity contribution is 5.96. The van der Waals surface area contributed by atoms with Crippen molar-refractivity contribution in [1.29, 1.82) is 0 Å². The summed E-state index contributed by atoms with van der Waals surface area (Å²) in [5.74, 6) is 0.415. The number of ether oxygens (including phenoxy) is 2. The number of hydrogen-bond donors (Lipinski definition) is 1. The third-order valence-electron chi connectivity index (χ3n) is 3.40. The molecule has 5 nitrogen and oxygen atoms in total. The molecular weight excluding hydrogens is 268 g/mol. The topological polar surface area (TPSA) is 60.5 Å². The second-order valence-electron chi connectivity index (χ2n) is 5.23. The summed E-state index contributed by atoms with van der Waals surface area (Å²) < 4.78 is 10.8. The Bertz CT molecular complexity index is 434. The fraction of sp³-hybridized carbons (Fsp3) is 0.625. The average molecular weight is 294 g/mol. The van der Waals surface area contributed by atoms with Gasteiger partial charge in [0, 0.05) is 13.2 Å². The van der Waals surface area contributed by atoms with Crippen molar-refractivity contribution in [3.8, 4) is 5.88 Å². The van der Waals surface area contributed by atoms with Crippen LogP contribution in [0.1, 0.15) is 46.5 Å². The third-order valence-corrected chi connectivity index (χ3v) is 3.40. The predicted octanol–water partition coefficient (Wildman–Crippen LogP) is 3.40. The molecule has 0 aliphatic heterocycles. The molecule has 0 aliphatic rings. The number of carbonyl (C=O) groups is 1. The van der Waals surface area contributed by atoms with Crippen LogP contribution in [0.2, 0.25) is 0 Å². The quantitative estimate of drug-likeness (QED) is 0.709. The van der Waals surface area contributed by atoms with E-state index in [1.54, 1.807) is 32.4 Å². The number of nitrogens with zero attached hydrogens (tertiary/aromatic N) is 1. The molecule has 1 amide bonds. The van der Waals surface area contributed by atoms with Crippen LogP contribution in [-0.2, 0) is 9.53 Å². The van der Waals surface area contributed by atoms with E-state index in [4.69, 9.17) is 9.47 Å². The molecule has 0 saturated heterocycles. The molecule has 1 unspecified atom stereocenters. The summed E-state index contributed by atoms with van der Waals surface area (Å²) >= 11 is 0. The molecule has 0 aliphatic carbocycles. The molecule has 0 saturated carbocycles. The Balaban J connectivity index is 2.60. The monoisotopic (exact) mass is 294 g/mol. The van der Waals surface area contributed by atoms with Crippen LogP contribution >= 0.6 is 0 Å². The molecule has 0 bridgehead atoms. The van der Waals surface area contributed by atoms with Gasteiger partial charge in [0.15, 0.2) is 0 Å². The highest BCUT2D eigenvalue weighted by Gasteiger charge is 2.32. The molecule has 0 radical (unpaired) electrons. The molecule has 21 heavy (non-hydrogen) atoms. The molecule has 5 heteroatoms. The van der Waals surface area contributed by atoms with Gasteiger partial charge < -0.3 is 14.8 Å². The molecule has 0 spiro atoms. The first kappa shape index (κ1) is 17.4. The summed E-state index contributed by atoms with van der Waals surface area (Å²) in [6.45, 7) is 6.59. The van der Waals surface area contributed by atoms with Crippen LogP contribution in [0.4, 0.5) is 5.69 Å². The number of nitrogens with one attached hydrogen (secondary N) is 1. The summed E-state index contributed by atoms with van der Waals surface area (Å²) in [5.41, 5.74) is -0.173. The van der Waals surface area contributed by atoms with E-state index in [1.807, 2.05) is 6.92 Å². The lowest BCUT2D eigenvalue weighted by Crippen LogP contribution is -2.41. The molecule has 1 N–H and O–H groups in total. The zero-order chi connectivity index (χ0) is 15.7. The number of aromatic nitrogens is 1. The van der Waals surface area contributed by atoms with Crippen LogP contribution < -0.4 is 10.1 Å². The molecule has 1 atom stereocenters. The number of carbonyl (C=O) groups excluding carboxylic acids is 1. The first-order valence-corrected chi connectivity index (χ1v) is 7.51. The fourth-order valence-corrected chi connectivity index (χ4v) is 1.91. The summed E-state index contributed by atoms with van der Waals surface area (Å²) in [7, 11) is 1.55. The Morgan fingerprint density at radius 3 is 2.62 bits per heavy atom. The Morgan fingerprint density at radius 1 is 1.33 bits per heavy atom. The maximum atomic E-state index is 12.3. The zero-order valence-corrected chi connectivity index (χ0v) is 13.4. The van der Waals surface area contributed by atoms with Gasteiger partial charge >= 0.3 is 0 Å². The first-order chi connectivity index (χ1) is 10.1. The molecule has 0 fully saturated rings. The van der Waals surface area contributed by atoms with E-state index in [2.05, 4.69) is 17.2 Å². The second kappa shape index (κ2) is 8.62. The van der Waals surface area contributed by atoms with E-state index in [0.717, 1.165) is 19.3 Å². The number of amides is 1. The van der Waals surface area contributed by atoms with Crippen LogP contribution in [-0.4, -0.2) is 30.2 Å². The number of unbranched alkanes of at least 4 members (excludes halogenated alkanes) is 1. The largest absolute Gasteiger partial charge is 0.478 e. The highest BCUT2D eigenvalue weighted by atomic mass is 16.5. The van der Waals surface area contributed by atoms with Crippen molar-refractivity contribution in [1.82, 2.24) is 4.98 Å². The minimum absolute atomic E-state index is 0.159. The number of hydrogen-bond acceptors (Lipinski definition) is 4. The lowest BCUT2D eigenvalue weighted by molar-refractivity contribution is -0.136. The average Bonchev–Trinajstić information content (AvgIpc) is 2.49. The Labute approximate surface area is 127 Å². The summed E-state index contributed by atoms with van der Waals surface area (Å²) in [5, 5.41) is 2.83. The SMILES string of the molecule is CCCCOc1ccc(NC(=O)C(C)(CCC)OC)cn1. The number of methoxy groups -OCH3 is 1. The minimum Gasteiger partial charge on any atom is -0.478 e. The Kier molecular flexibility index (Phi) is 7.15. The van der Waals surface area contributed by atoms with Gasteiger partial charge in [-0.2, -0.15) is 0 Å². The molecular formula is C16H26N2O3. The van der Waals surface area contributed by atoms with Crippen molar-refractivity contribution in [2.45, 2.75) is 52.1 Å². The zero-order valence-electron chi connectivity index (χ0n) is 13.4. The van der Waals surface area contributed by atoms with Gasteiger partial charge in [-0.15, -0.1) is 0 Å². The lowest BCUT2D eigenvalue weighted by atomic mass is 9.99. The van der Waals surface area contributed by atoms with Crippen molar-refractivity contribution < 1.29 is 14.3 Å². The molecule has 1 aromatic rings. The highest BCUT2D eigenvalue weighted by Crippen LogP contribution is 2.20. The molecule has 1 rings (SSSR count). The van der Waals surface area contributed by atoms with Crippen molar-refractivity contribution in [3.05, 3.63) is 18.3 Å². The molecule has 118 valence electrons. The molecule has 1 heterocycles.